The quantitative estimate of drug-likeness (QED) is 0.376. The molecule has 2 aliphatic rings. The average molecular weight is 551 g/mol. The van der Waals surface area contributed by atoms with E-state index >= 15 is 0 Å². The average Bonchev–Trinajstić information content (AvgIpc) is 3.21. The Balaban J connectivity index is 1.62. The molecule has 3 aromatic rings. The fourth-order valence-electron chi connectivity index (χ4n) is 4.66. The Bertz CT molecular complexity index is 1440. The van der Waals surface area contributed by atoms with Gasteiger partial charge in [-0.05, 0) is 61.5 Å². The van der Waals surface area contributed by atoms with Crippen LogP contribution in [-0.2, 0) is 6.18 Å². The second-order valence-corrected chi connectivity index (χ2v) is 9.39. The number of halogens is 6. The molecule has 1 fully saturated rings. The fraction of sp³-hybridized carbons (Fsp3) is 0.231. The highest BCUT2D eigenvalue weighted by Gasteiger charge is 2.36. The van der Waals surface area contributed by atoms with Crippen molar-refractivity contribution in [2.24, 2.45) is 0 Å². The highest BCUT2D eigenvalue weighted by Crippen LogP contribution is 2.42. The molecular formula is C26H20ClF5N4O2. The van der Waals surface area contributed by atoms with Crippen LogP contribution < -0.4 is 20.9 Å². The van der Waals surface area contributed by atoms with E-state index in [0.717, 1.165) is 25.1 Å². The van der Waals surface area contributed by atoms with Crippen LogP contribution in [0.4, 0.5) is 33.3 Å². The predicted octanol–water partition coefficient (Wildman–Crippen LogP) is 5.48. The first kappa shape index (κ1) is 25.9. The van der Waals surface area contributed by atoms with Crippen LogP contribution in [0.15, 0.2) is 48.5 Å². The molecule has 5 rings (SSSR count). The largest absolute Gasteiger partial charge is 0.416 e. The first-order chi connectivity index (χ1) is 18.0. The number of hydrogen-bond acceptors (Lipinski definition) is 4. The SMILES string of the molecule is O=C(Nc1cc(N2CCCNC2)cc2c1C(c1cc(F)ccc1Cl)NC2=O)c1cc(F)cc(C(F)(F)F)c1. The van der Waals surface area contributed by atoms with Gasteiger partial charge in [-0.1, -0.05) is 11.6 Å². The van der Waals surface area contributed by atoms with Crippen LogP contribution in [0.5, 0.6) is 0 Å². The lowest BCUT2D eigenvalue weighted by molar-refractivity contribution is -0.137. The summed E-state index contributed by atoms with van der Waals surface area (Å²) in [5, 5.41) is 8.65. The Morgan fingerprint density at radius 2 is 1.84 bits per heavy atom. The van der Waals surface area contributed by atoms with Crippen molar-refractivity contribution in [2.75, 3.05) is 30.0 Å². The molecule has 1 saturated heterocycles. The Kier molecular flexibility index (Phi) is 6.74. The molecule has 2 heterocycles. The molecular weight excluding hydrogens is 531 g/mol. The molecule has 3 N–H and O–H groups in total. The normalized spacial score (nSPS) is 17.3. The van der Waals surface area contributed by atoms with Crippen LogP contribution in [0.3, 0.4) is 0 Å². The van der Waals surface area contributed by atoms with E-state index in [-0.39, 0.29) is 27.4 Å². The van der Waals surface area contributed by atoms with E-state index in [1.165, 1.54) is 6.07 Å². The standard InChI is InChI=1S/C26H20ClF5N4O2/c27-20-3-2-15(28)9-18(20)23-22-19(25(38)35-23)10-17(36-5-1-4-33-12-36)11-21(22)34-24(37)13-6-14(26(30,31)32)8-16(29)7-13/h2-3,6-11,23,33H,1,4-5,12H2,(H,34,37)(H,35,38). The summed E-state index contributed by atoms with van der Waals surface area (Å²) in [4.78, 5) is 28.1. The molecule has 3 aromatic carbocycles. The van der Waals surface area contributed by atoms with E-state index in [4.69, 9.17) is 11.6 Å². The minimum absolute atomic E-state index is 0.0922. The molecule has 1 unspecified atom stereocenters. The maximum absolute atomic E-state index is 14.1. The number of nitrogens with zero attached hydrogens (tertiary/aromatic N) is 1. The third-order valence-corrected chi connectivity index (χ3v) is 6.77. The number of carbonyl (C=O) groups excluding carboxylic acids is 2. The van der Waals surface area contributed by atoms with Gasteiger partial charge >= 0.3 is 6.18 Å². The van der Waals surface area contributed by atoms with Gasteiger partial charge < -0.3 is 15.5 Å². The van der Waals surface area contributed by atoms with Gasteiger partial charge in [-0.2, -0.15) is 13.2 Å². The molecule has 0 saturated carbocycles. The zero-order chi connectivity index (χ0) is 27.2. The summed E-state index contributed by atoms with van der Waals surface area (Å²) < 4.78 is 67.8. The van der Waals surface area contributed by atoms with Gasteiger partial charge in [0.15, 0.2) is 0 Å². The summed E-state index contributed by atoms with van der Waals surface area (Å²) in [6.07, 6.45) is -4.05. The van der Waals surface area contributed by atoms with Crippen LogP contribution in [0.1, 0.15) is 49.9 Å². The summed E-state index contributed by atoms with van der Waals surface area (Å²) in [5.41, 5.74) is -0.541. The van der Waals surface area contributed by atoms with Gasteiger partial charge in [0.25, 0.3) is 11.8 Å². The molecule has 0 bridgehead atoms. The minimum Gasteiger partial charge on any atom is -0.359 e. The lowest BCUT2D eigenvalue weighted by Crippen LogP contribution is -2.41. The Labute approximate surface area is 218 Å². The van der Waals surface area contributed by atoms with Crippen LogP contribution in [0.25, 0.3) is 0 Å². The third-order valence-electron chi connectivity index (χ3n) is 6.43. The van der Waals surface area contributed by atoms with E-state index in [0.29, 0.717) is 37.1 Å². The van der Waals surface area contributed by atoms with Crippen molar-refractivity contribution in [3.05, 3.63) is 93.0 Å². The summed E-state index contributed by atoms with van der Waals surface area (Å²) in [6.45, 7) is 1.91. The van der Waals surface area contributed by atoms with Gasteiger partial charge in [0.2, 0.25) is 0 Å². The third kappa shape index (κ3) is 5.03. The molecule has 2 amide bonds. The first-order valence-electron chi connectivity index (χ1n) is 11.6. The van der Waals surface area contributed by atoms with E-state index in [9.17, 15) is 31.5 Å². The van der Waals surface area contributed by atoms with E-state index in [1.54, 1.807) is 12.1 Å². The van der Waals surface area contributed by atoms with Crippen LogP contribution >= 0.6 is 11.6 Å². The number of carbonyl (C=O) groups is 2. The zero-order valence-corrected chi connectivity index (χ0v) is 20.3. The van der Waals surface area contributed by atoms with Crippen molar-refractivity contribution >= 4 is 34.8 Å². The van der Waals surface area contributed by atoms with Gasteiger partial charge in [-0.15, -0.1) is 0 Å². The van der Waals surface area contributed by atoms with Crippen LogP contribution in [0.2, 0.25) is 5.02 Å². The van der Waals surface area contributed by atoms with E-state index < -0.39 is 46.8 Å². The van der Waals surface area contributed by atoms with Crippen molar-refractivity contribution in [1.29, 1.82) is 0 Å². The Hall–Kier alpha value is -3.70. The predicted molar refractivity (Wildman–Crippen MR) is 131 cm³/mol. The fourth-order valence-corrected chi connectivity index (χ4v) is 4.89. The smallest absolute Gasteiger partial charge is 0.359 e. The van der Waals surface area contributed by atoms with Gasteiger partial charge in [-0.25, -0.2) is 8.78 Å². The highest BCUT2D eigenvalue weighted by molar-refractivity contribution is 6.31. The van der Waals surface area contributed by atoms with Crippen molar-refractivity contribution in [3.63, 3.8) is 0 Å². The number of hydrogen-bond donors (Lipinski definition) is 3. The maximum Gasteiger partial charge on any atom is 0.416 e. The van der Waals surface area contributed by atoms with E-state index in [1.807, 2.05) is 4.90 Å². The molecule has 0 aliphatic carbocycles. The summed E-state index contributed by atoms with van der Waals surface area (Å²) in [7, 11) is 0. The number of alkyl halides is 3. The van der Waals surface area contributed by atoms with Gasteiger partial charge in [0.1, 0.15) is 11.6 Å². The Morgan fingerprint density at radius 1 is 1.05 bits per heavy atom. The lowest BCUT2D eigenvalue weighted by atomic mass is 9.95. The first-order valence-corrected chi connectivity index (χ1v) is 12.0. The Morgan fingerprint density at radius 3 is 2.55 bits per heavy atom. The minimum atomic E-state index is -4.87. The number of nitrogens with one attached hydrogen (secondary N) is 3. The molecule has 2 aliphatic heterocycles. The van der Waals surface area contributed by atoms with Gasteiger partial charge in [-0.3, -0.25) is 14.9 Å². The number of anilines is 2. The van der Waals surface area contributed by atoms with E-state index in [2.05, 4.69) is 16.0 Å². The van der Waals surface area contributed by atoms with Crippen molar-refractivity contribution in [2.45, 2.75) is 18.6 Å². The number of rotatable bonds is 4. The summed E-state index contributed by atoms with van der Waals surface area (Å²) >= 11 is 6.30. The highest BCUT2D eigenvalue weighted by atomic mass is 35.5. The second kappa shape index (κ2) is 9.88. The molecule has 0 radical (unpaired) electrons. The second-order valence-electron chi connectivity index (χ2n) is 8.98. The summed E-state index contributed by atoms with van der Waals surface area (Å²) in [6, 6.07) is 7.41. The molecule has 12 heteroatoms. The molecule has 0 aromatic heterocycles. The van der Waals surface area contributed by atoms with Crippen LogP contribution in [0, 0.1) is 11.6 Å². The topological polar surface area (TPSA) is 73.5 Å². The molecule has 38 heavy (non-hydrogen) atoms. The van der Waals surface area contributed by atoms with Gasteiger partial charge in [0, 0.05) is 45.2 Å². The number of fused-ring (bicyclic) bond motifs is 1. The number of amides is 2. The molecule has 1 atom stereocenters. The molecule has 198 valence electrons. The molecule has 0 spiro atoms. The maximum atomic E-state index is 14.1. The number of benzene rings is 3. The summed E-state index contributed by atoms with van der Waals surface area (Å²) in [5.74, 6) is -3.36. The van der Waals surface area contributed by atoms with Crippen molar-refractivity contribution in [1.82, 2.24) is 10.6 Å². The molecule has 6 nitrogen and oxygen atoms in total. The monoisotopic (exact) mass is 550 g/mol. The van der Waals surface area contributed by atoms with Gasteiger partial charge in [0.05, 0.1) is 18.3 Å². The zero-order valence-electron chi connectivity index (χ0n) is 19.6. The van der Waals surface area contributed by atoms with Crippen LogP contribution in [-0.4, -0.2) is 31.6 Å². The van der Waals surface area contributed by atoms with Crippen molar-refractivity contribution < 1.29 is 31.5 Å². The lowest BCUT2D eigenvalue weighted by Gasteiger charge is -2.30. The van der Waals surface area contributed by atoms with Crippen molar-refractivity contribution in [3.8, 4) is 0 Å².